The number of aliphatic hydroxyl groups is 7. The minimum atomic E-state index is -4.82. The van der Waals surface area contributed by atoms with Crippen LogP contribution in [0.1, 0.15) is 148 Å². The van der Waals surface area contributed by atoms with Gasteiger partial charge in [-0.2, -0.15) is 8.42 Å². The molecule has 46 heavy (non-hydrogen) atoms. The normalized spacial score (nSPS) is 17.6. The third-order valence-corrected chi connectivity index (χ3v) is 9.04. The number of primary amides is 1. The molecule has 8 atom stereocenters. The summed E-state index contributed by atoms with van der Waals surface area (Å²) < 4.78 is 36.6. The van der Waals surface area contributed by atoms with Crippen LogP contribution in [0.3, 0.4) is 0 Å². The largest absolute Gasteiger partial charge is 0.397 e. The summed E-state index contributed by atoms with van der Waals surface area (Å²) in [4.78, 5) is 10.8. The molecule has 0 rings (SSSR count). The van der Waals surface area contributed by atoms with Crippen molar-refractivity contribution in [1.29, 1.82) is 0 Å². The van der Waals surface area contributed by atoms with Gasteiger partial charge in [-0.15, -0.1) is 0 Å². The zero-order valence-corrected chi connectivity index (χ0v) is 28.7. The van der Waals surface area contributed by atoms with Crippen molar-refractivity contribution in [2.45, 2.75) is 197 Å². The molecule has 0 aliphatic rings. The highest BCUT2D eigenvalue weighted by Crippen LogP contribution is 2.21. The number of aliphatic hydroxyl groups excluding tert-OH is 7. The molecule has 0 aromatic heterocycles. The van der Waals surface area contributed by atoms with Crippen molar-refractivity contribution in [2.24, 2.45) is 5.73 Å². The Morgan fingerprint density at radius 1 is 0.543 bits per heavy atom. The Kier molecular flexibility index (Phi) is 26.4. The lowest BCUT2D eigenvalue weighted by atomic mass is 9.95. The van der Waals surface area contributed by atoms with Gasteiger partial charge in [-0.1, -0.05) is 84.0 Å². The van der Waals surface area contributed by atoms with E-state index in [9.17, 15) is 53.5 Å². The first kappa shape index (κ1) is 45.1. The second-order valence-electron chi connectivity index (χ2n) is 12.8. The van der Waals surface area contributed by atoms with Gasteiger partial charge < -0.3 is 41.5 Å². The molecule has 0 saturated carbocycles. The SMILES string of the molecule is CCCCCC(O)CCCCCCCCCCCC(OS(=O)(=O)O)C(O)CCC(O)C(O)CCC(O)C(O)CCCC(O)C(N)=O. The molecule has 0 heterocycles. The van der Waals surface area contributed by atoms with Crippen molar-refractivity contribution >= 4 is 16.3 Å². The van der Waals surface area contributed by atoms with Crippen molar-refractivity contribution in [2.75, 3.05) is 0 Å². The molecule has 0 aromatic rings. The second kappa shape index (κ2) is 26.9. The van der Waals surface area contributed by atoms with Gasteiger partial charge in [-0.3, -0.25) is 9.35 Å². The predicted octanol–water partition coefficient (Wildman–Crippen LogP) is 2.79. The number of nitrogens with two attached hydrogens (primary N) is 1. The molecule has 8 unspecified atom stereocenters. The highest BCUT2D eigenvalue weighted by Gasteiger charge is 2.27. The second-order valence-corrected chi connectivity index (χ2v) is 13.9. The molecule has 0 bridgehead atoms. The Morgan fingerprint density at radius 3 is 1.37 bits per heavy atom. The highest BCUT2D eigenvalue weighted by molar-refractivity contribution is 7.80. The molecule has 0 fully saturated rings. The van der Waals surface area contributed by atoms with Crippen LogP contribution in [0, 0.1) is 0 Å². The van der Waals surface area contributed by atoms with Crippen LogP contribution < -0.4 is 5.73 Å². The number of unbranched alkanes of at least 4 members (excludes halogenated alkanes) is 10. The highest BCUT2D eigenvalue weighted by atomic mass is 32.3. The first-order chi connectivity index (χ1) is 21.7. The molecule has 14 heteroatoms. The van der Waals surface area contributed by atoms with E-state index in [0.29, 0.717) is 6.42 Å². The maximum absolute atomic E-state index is 11.3. The fourth-order valence-corrected chi connectivity index (χ4v) is 6.04. The van der Waals surface area contributed by atoms with E-state index in [0.717, 1.165) is 77.0 Å². The van der Waals surface area contributed by atoms with Gasteiger partial charge in [0.25, 0.3) is 0 Å². The van der Waals surface area contributed by atoms with E-state index >= 15 is 0 Å². The predicted molar refractivity (Wildman–Crippen MR) is 175 cm³/mol. The minimum Gasteiger partial charge on any atom is -0.393 e. The molecule has 0 radical (unpaired) electrons. The van der Waals surface area contributed by atoms with Crippen LogP contribution in [-0.4, -0.2) is 103 Å². The van der Waals surface area contributed by atoms with Crippen molar-refractivity contribution in [3.63, 3.8) is 0 Å². The molecule has 13 nitrogen and oxygen atoms in total. The Morgan fingerprint density at radius 2 is 0.935 bits per heavy atom. The van der Waals surface area contributed by atoms with Crippen LogP contribution in [-0.2, 0) is 19.4 Å². The summed E-state index contributed by atoms with van der Waals surface area (Å²) in [5, 5.41) is 70.7. The third-order valence-electron chi connectivity index (χ3n) is 8.55. The fraction of sp³-hybridized carbons (Fsp3) is 0.969. The van der Waals surface area contributed by atoms with Crippen molar-refractivity contribution in [1.82, 2.24) is 0 Å². The zero-order valence-electron chi connectivity index (χ0n) is 27.9. The maximum atomic E-state index is 11.3. The van der Waals surface area contributed by atoms with Gasteiger partial charge in [0.15, 0.2) is 0 Å². The summed E-state index contributed by atoms with van der Waals surface area (Å²) in [7, 11) is -4.82. The molecule has 0 saturated heterocycles. The average Bonchev–Trinajstić information content (AvgIpc) is 2.99. The average molecular weight is 688 g/mol. The molecule has 0 spiro atoms. The number of hydrogen-bond acceptors (Lipinski definition) is 11. The smallest absolute Gasteiger partial charge is 0.393 e. The number of amides is 1. The van der Waals surface area contributed by atoms with E-state index in [2.05, 4.69) is 6.92 Å². The standard InChI is InChI=1S/C32H65NO12S/c1-2-3-11-15-24(34)16-12-9-7-5-4-6-8-10-13-19-31(45-46(42,43)44)29(39)23-22-28(38)27(37)21-20-26(36)25(35)17-14-18-30(40)32(33)41/h24-31,34-40H,2-23H2,1H3,(H2,33,41)(H,42,43,44). The van der Waals surface area contributed by atoms with Gasteiger partial charge in [0.1, 0.15) is 12.2 Å². The summed E-state index contributed by atoms with van der Waals surface area (Å²) in [6.07, 6.45) is 5.24. The summed E-state index contributed by atoms with van der Waals surface area (Å²) in [5.41, 5.74) is 4.96. The van der Waals surface area contributed by atoms with E-state index < -0.39 is 59.0 Å². The van der Waals surface area contributed by atoms with E-state index in [1.165, 1.54) is 6.42 Å². The monoisotopic (exact) mass is 687 g/mol. The number of carbonyl (C=O) groups is 1. The molecular formula is C32H65NO12S. The third kappa shape index (κ3) is 25.1. The van der Waals surface area contributed by atoms with E-state index in [1.54, 1.807) is 0 Å². The van der Waals surface area contributed by atoms with Gasteiger partial charge in [0.05, 0.1) is 36.6 Å². The minimum absolute atomic E-state index is 0.0398. The van der Waals surface area contributed by atoms with E-state index in [1.807, 2.05) is 0 Å². The lowest BCUT2D eigenvalue weighted by Gasteiger charge is -2.25. The van der Waals surface area contributed by atoms with Crippen LogP contribution in [0.25, 0.3) is 0 Å². The molecule has 1 amide bonds. The van der Waals surface area contributed by atoms with Crippen molar-refractivity contribution in [3.05, 3.63) is 0 Å². The summed E-state index contributed by atoms with van der Waals surface area (Å²) in [5.74, 6) is -0.873. The van der Waals surface area contributed by atoms with E-state index in [-0.39, 0.29) is 57.5 Å². The van der Waals surface area contributed by atoms with Crippen LogP contribution in [0.4, 0.5) is 0 Å². The van der Waals surface area contributed by atoms with Crippen LogP contribution in [0.2, 0.25) is 0 Å². The number of carbonyl (C=O) groups excluding carboxylic acids is 1. The summed E-state index contributed by atoms with van der Waals surface area (Å²) in [6, 6.07) is 0. The Hall–Kier alpha value is -0.940. The van der Waals surface area contributed by atoms with Crippen molar-refractivity contribution < 1.29 is 57.7 Å². The zero-order chi connectivity index (χ0) is 35.0. The Labute approximate surface area is 276 Å². The van der Waals surface area contributed by atoms with Gasteiger partial charge in [-0.05, 0) is 64.2 Å². The van der Waals surface area contributed by atoms with Gasteiger partial charge in [-0.25, -0.2) is 4.18 Å². The maximum Gasteiger partial charge on any atom is 0.397 e. The summed E-state index contributed by atoms with van der Waals surface area (Å²) in [6.45, 7) is 2.15. The number of hydrogen-bond donors (Lipinski definition) is 9. The van der Waals surface area contributed by atoms with Crippen LogP contribution in [0.15, 0.2) is 0 Å². The fourth-order valence-electron chi connectivity index (χ4n) is 5.50. The number of rotatable bonds is 32. The van der Waals surface area contributed by atoms with Gasteiger partial charge >= 0.3 is 10.4 Å². The molecule has 10 N–H and O–H groups in total. The van der Waals surface area contributed by atoms with Crippen LogP contribution in [0.5, 0.6) is 0 Å². The van der Waals surface area contributed by atoms with Gasteiger partial charge in [0, 0.05) is 0 Å². The lowest BCUT2D eigenvalue weighted by Crippen LogP contribution is -2.35. The molecule has 276 valence electrons. The topological polar surface area (TPSA) is 248 Å². The lowest BCUT2D eigenvalue weighted by molar-refractivity contribution is -0.126. The van der Waals surface area contributed by atoms with Crippen molar-refractivity contribution in [3.8, 4) is 0 Å². The quantitative estimate of drug-likeness (QED) is 0.0366. The van der Waals surface area contributed by atoms with Crippen LogP contribution >= 0.6 is 0 Å². The summed E-state index contributed by atoms with van der Waals surface area (Å²) >= 11 is 0. The Bertz CT molecular complexity index is 849. The molecular weight excluding hydrogens is 622 g/mol. The first-order valence-corrected chi connectivity index (χ1v) is 18.8. The molecule has 0 aliphatic carbocycles. The van der Waals surface area contributed by atoms with E-state index in [4.69, 9.17) is 9.92 Å². The first-order valence-electron chi connectivity index (χ1n) is 17.4. The molecule has 0 aliphatic heterocycles. The molecule has 0 aromatic carbocycles. The van der Waals surface area contributed by atoms with Gasteiger partial charge in [0.2, 0.25) is 5.91 Å². The Balaban J connectivity index is 4.27.